The van der Waals surface area contributed by atoms with E-state index in [4.69, 9.17) is 9.52 Å². The molecule has 0 amide bonds. The number of fused-ring (bicyclic) bond motifs is 1. The van der Waals surface area contributed by atoms with Crippen LogP contribution < -0.4 is 4.90 Å². The summed E-state index contributed by atoms with van der Waals surface area (Å²) >= 11 is 0. The predicted octanol–water partition coefficient (Wildman–Crippen LogP) is 3.91. The lowest BCUT2D eigenvalue weighted by molar-refractivity contribution is 0.0697. The van der Waals surface area contributed by atoms with Gasteiger partial charge in [-0.2, -0.15) is 0 Å². The van der Waals surface area contributed by atoms with Crippen molar-refractivity contribution >= 4 is 11.7 Å². The van der Waals surface area contributed by atoms with E-state index in [0.29, 0.717) is 12.4 Å². The van der Waals surface area contributed by atoms with Gasteiger partial charge in [0, 0.05) is 17.8 Å². The Morgan fingerprint density at radius 1 is 1.20 bits per heavy atom. The first-order valence-electron chi connectivity index (χ1n) is 8.25. The standard InChI is InChI=1S/C20H18N2O3/c1-13-17(12-22-11-10-14-4-2-3-5-18(14)22)21-19(25-13)15-6-8-16(9-7-15)20(23)24/h2-9H,10-12H2,1H3,(H,23,24). The summed E-state index contributed by atoms with van der Waals surface area (Å²) in [7, 11) is 0. The van der Waals surface area contributed by atoms with E-state index in [2.05, 4.69) is 34.1 Å². The van der Waals surface area contributed by atoms with Crippen LogP contribution in [0, 0.1) is 6.92 Å². The van der Waals surface area contributed by atoms with Gasteiger partial charge in [-0.05, 0) is 49.2 Å². The Morgan fingerprint density at radius 3 is 2.72 bits per heavy atom. The van der Waals surface area contributed by atoms with E-state index >= 15 is 0 Å². The van der Waals surface area contributed by atoms with Crippen LogP contribution in [0.3, 0.4) is 0 Å². The zero-order chi connectivity index (χ0) is 17.4. The molecule has 0 fully saturated rings. The molecule has 0 atom stereocenters. The maximum absolute atomic E-state index is 11.0. The van der Waals surface area contributed by atoms with Gasteiger partial charge in [0.1, 0.15) is 11.5 Å². The molecule has 5 nitrogen and oxygen atoms in total. The van der Waals surface area contributed by atoms with Crippen LogP contribution in [0.15, 0.2) is 52.9 Å². The number of hydrogen-bond donors (Lipinski definition) is 1. The van der Waals surface area contributed by atoms with Gasteiger partial charge in [-0.25, -0.2) is 9.78 Å². The second-order valence-corrected chi connectivity index (χ2v) is 6.20. The number of hydrogen-bond acceptors (Lipinski definition) is 4. The lowest BCUT2D eigenvalue weighted by Gasteiger charge is -2.17. The van der Waals surface area contributed by atoms with Crippen molar-refractivity contribution in [3.05, 3.63) is 71.1 Å². The van der Waals surface area contributed by atoms with Gasteiger partial charge < -0.3 is 14.4 Å². The number of aromatic nitrogens is 1. The van der Waals surface area contributed by atoms with Gasteiger partial charge in [-0.3, -0.25) is 0 Å². The average molecular weight is 334 g/mol. The maximum atomic E-state index is 11.0. The van der Waals surface area contributed by atoms with Crippen LogP contribution in [-0.2, 0) is 13.0 Å². The third-order valence-electron chi connectivity index (χ3n) is 4.60. The van der Waals surface area contributed by atoms with Crippen LogP contribution in [0.5, 0.6) is 0 Å². The topological polar surface area (TPSA) is 66.6 Å². The lowest BCUT2D eigenvalue weighted by Crippen LogP contribution is -2.20. The molecule has 2 heterocycles. The van der Waals surface area contributed by atoms with E-state index in [-0.39, 0.29) is 5.56 Å². The maximum Gasteiger partial charge on any atom is 0.335 e. The number of carboxylic acids is 1. The highest BCUT2D eigenvalue weighted by atomic mass is 16.4. The Balaban J connectivity index is 1.58. The molecule has 0 saturated heterocycles. The Labute approximate surface area is 145 Å². The van der Waals surface area contributed by atoms with E-state index in [0.717, 1.165) is 30.0 Å². The molecule has 0 unspecified atom stereocenters. The van der Waals surface area contributed by atoms with Crippen molar-refractivity contribution in [2.75, 3.05) is 11.4 Å². The molecule has 5 heteroatoms. The summed E-state index contributed by atoms with van der Waals surface area (Å²) in [6, 6.07) is 15.0. The zero-order valence-electron chi connectivity index (χ0n) is 13.9. The first-order chi connectivity index (χ1) is 12.1. The van der Waals surface area contributed by atoms with Crippen molar-refractivity contribution in [3.63, 3.8) is 0 Å². The molecule has 2 aromatic carbocycles. The minimum Gasteiger partial charge on any atom is -0.478 e. The van der Waals surface area contributed by atoms with Crippen molar-refractivity contribution in [2.24, 2.45) is 0 Å². The highest BCUT2D eigenvalue weighted by molar-refractivity contribution is 5.88. The van der Waals surface area contributed by atoms with Gasteiger partial charge in [-0.1, -0.05) is 18.2 Å². The molecule has 3 aromatic rings. The van der Waals surface area contributed by atoms with Gasteiger partial charge >= 0.3 is 5.97 Å². The quantitative estimate of drug-likeness (QED) is 0.783. The summed E-state index contributed by atoms with van der Waals surface area (Å²) in [6.07, 6.45) is 1.05. The molecule has 0 bridgehead atoms. The van der Waals surface area contributed by atoms with E-state index < -0.39 is 5.97 Å². The van der Waals surface area contributed by atoms with E-state index in [9.17, 15) is 4.79 Å². The number of para-hydroxylation sites is 1. The Bertz CT molecular complexity index is 928. The summed E-state index contributed by atoms with van der Waals surface area (Å²) in [5.41, 5.74) is 4.57. The largest absolute Gasteiger partial charge is 0.478 e. The van der Waals surface area contributed by atoms with Crippen LogP contribution in [0.25, 0.3) is 11.5 Å². The van der Waals surface area contributed by atoms with Gasteiger partial charge in [0.15, 0.2) is 0 Å². The first-order valence-corrected chi connectivity index (χ1v) is 8.25. The second-order valence-electron chi connectivity index (χ2n) is 6.20. The summed E-state index contributed by atoms with van der Waals surface area (Å²) in [6.45, 7) is 3.60. The Morgan fingerprint density at radius 2 is 1.96 bits per heavy atom. The molecule has 1 aliphatic heterocycles. The monoisotopic (exact) mass is 334 g/mol. The van der Waals surface area contributed by atoms with Crippen LogP contribution in [0.1, 0.15) is 27.4 Å². The fourth-order valence-corrected chi connectivity index (χ4v) is 3.21. The van der Waals surface area contributed by atoms with E-state index in [1.807, 2.05) is 6.92 Å². The lowest BCUT2D eigenvalue weighted by atomic mass is 10.1. The number of oxazole rings is 1. The number of rotatable bonds is 4. The highest BCUT2D eigenvalue weighted by Gasteiger charge is 2.21. The molecule has 1 N–H and O–H groups in total. The molecule has 4 rings (SSSR count). The van der Waals surface area contributed by atoms with E-state index in [1.165, 1.54) is 11.3 Å². The number of aromatic carboxylic acids is 1. The number of aryl methyl sites for hydroxylation is 1. The Hall–Kier alpha value is -3.08. The minimum absolute atomic E-state index is 0.251. The third-order valence-corrected chi connectivity index (χ3v) is 4.60. The van der Waals surface area contributed by atoms with Crippen LogP contribution in [0.2, 0.25) is 0 Å². The second kappa shape index (κ2) is 6.09. The van der Waals surface area contributed by atoms with E-state index in [1.54, 1.807) is 24.3 Å². The normalized spacial score (nSPS) is 13.1. The Kier molecular flexibility index (Phi) is 3.76. The molecule has 1 aromatic heterocycles. The number of benzene rings is 2. The highest BCUT2D eigenvalue weighted by Crippen LogP contribution is 2.30. The number of carbonyl (C=O) groups is 1. The van der Waals surface area contributed by atoms with Gasteiger partial charge in [0.2, 0.25) is 5.89 Å². The molecule has 0 spiro atoms. The average Bonchev–Trinajstić information content (AvgIpc) is 3.20. The SMILES string of the molecule is Cc1oc(-c2ccc(C(=O)O)cc2)nc1CN1CCc2ccccc21. The van der Waals surface area contributed by atoms with Crippen molar-refractivity contribution in [1.29, 1.82) is 0 Å². The molecular weight excluding hydrogens is 316 g/mol. The summed E-state index contributed by atoms with van der Waals surface area (Å²) in [5, 5.41) is 8.99. The molecule has 0 saturated carbocycles. The zero-order valence-corrected chi connectivity index (χ0v) is 13.9. The van der Waals surface area contributed by atoms with Crippen LogP contribution in [0.4, 0.5) is 5.69 Å². The summed E-state index contributed by atoms with van der Waals surface area (Å²) < 4.78 is 5.81. The molecule has 0 aliphatic carbocycles. The number of anilines is 1. The molecule has 0 radical (unpaired) electrons. The summed E-state index contributed by atoms with van der Waals surface area (Å²) in [4.78, 5) is 17.9. The smallest absolute Gasteiger partial charge is 0.335 e. The van der Waals surface area contributed by atoms with Crippen LogP contribution in [-0.4, -0.2) is 22.6 Å². The van der Waals surface area contributed by atoms with Gasteiger partial charge in [0.25, 0.3) is 0 Å². The number of nitrogens with zero attached hydrogens (tertiary/aromatic N) is 2. The molecular formula is C20H18N2O3. The van der Waals surface area contributed by atoms with Crippen molar-refractivity contribution in [1.82, 2.24) is 4.98 Å². The fraction of sp³-hybridized carbons (Fsp3) is 0.200. The fourth-order valence-electron chi connectivity index (χ4n) is 3.21. The first kappa shape index (κ1) is 15.4. The van der Waals surface area contributed by atoms with Gasteiger partial charge in [0.05, 0.1) is 12.1 Å². The van der Waals surface area contributed by atoms with Crippen molar-refractivity contribution in [2.45, 2.75) is 19.9 Å². The summed E-state index contributed by atoms with van der Waals surface area (Å²) in [5.74, 6) is 0.377. The van der Waals surface area contributed by atoms with Crippen LogP contribution >= 0.6 is 0 Å². The minimum atomic E-state index is -0.941. The molecule has 1 aliphatic rings. The van der Waals surface area contributed by atoms with Crippen molar-refractivity contribution in [3.8, 4) is 11.5 Å². The molecule has 25 heavy (non-hydrogen) atoms. The van der Waals surface area contributed by atoms with Crippen molar-refractivity contribution < 1.29 is 14.3 Å². The molecule has 126 valence electrons. The van der Waals surface area contributed by atoms with Gasteiger partial charge in [-0.15, -0.1) is 0 Å². The predicted molar refractivity (Wildman–Crippen MR) is 94.8 cm³/mol. The number of carboxylic acid groups (broad SMARTS) is 1. The third kappa shape index (κ3) is 2.89.